The van der Waals surface area contributed by atoms with Gasteiger partial charge in [0.25, 0.3) is 0 Å². The van der Waals surface area contributed by atoms with Crippen molar-refractivity contribution in [1.29, 1.82) is 0 Å². The quantitative estimate of drug-likeness (QED) is 0.602. The molecular formula is C24H29FN2O3. The molecule has 3 aromatic rings. The summed E-state index contributed by atoms with van der Waals surface area (Å²) >= 11 is 0. The number of aromatic amines is 1. The standard InChI is InChI=1S/C24H29FN2O3/c1-27(13-3-4-16-5-9-18(25)10-6-16)19-11-7-17(8-12-19)20-14-23-21(15-22(20)29-2)26-24(28)30-23/h5-6,9-10,14-15,17,19H,3-4,7-8,11-13H2,1-2H3,(H,26,28). The number of hydrogen-bond acceptors (Lipinski definition) is 4. The van der Waals surface area contributed by atoms with Crippen LogP contribution in [0.15, 0.2) is 45.6 Å². The predicted octanol–water partition coefficient (Wildman–Crippen LogP) is 4.86. The predicted molar refractivity (Wildman–Crippen MR) is 116 cm³/mol. The minimum atomic E-state index is -0.435. The van der Waals surface area contributed by atoms with Gasteiger partial charge in [-0.05, 0) is 81.8 Å². The molecule has 160 valence electrons. The Morgan fingerprint density at radius 3 is 2.60 bits per heavy atom. The maximum absolute atomic E-state index is 13.0. The Kier molecular flexibility index (Phi) is 6.23. The van der Waals surface area contributed by atoms with Crippen molar-refractivity contribution < 1.29 is 13.5 Å². The Morgan fingerprint density at radius 1 is 1.17 bits per heavy atom. The number of benzene rings is 2. The van der Waals surface area contributed by atoms with Crippen LogP contribution in [-0.4, -0.2) is 36.6 Å². The molecule has 0 unspecified atom stereocenters. The van der Waals surface area contributed by atoms with E-state index in [1.165, 1.54) is 17.7 Å². The largest absolute Gasteiger partial charge is 0.496 e. The van der Waals surface area contributed by atoms with Crippen LogP contribution in [0.2, 0.25) is 0 Å². The number of halogens is 1. The van der Waals surface area contributed by atoms with E-state index in [9.17, 15) is 9.18 Å². The molecule has 1 heterocycles. The van der Waals surface area contributed by atoms with E-state index in [2.05, 4.69) is 16.9 Å². The molecule has 0 radical (unpaired) electrons. The SMILES string of the molecule is COc1cc2[nH]c(=O)oc2cc1C1CCC(N(C)CCCc2ccc(F)cc2)CC1. The number of nitrogens with one attached hydrogen (secondary N) is 1. The minimum absolute atomic E-state index is 0.179. The van der Waals surface area contributed by atoms with Crippen molar-refractivity contribution in [2.24, 2.45) is 0 Å². The molecule has 1 aliphatic carbocycles. The van der Waals surface area contributed by atoms with Crippen molar-refractivity contribution in [3.63, 3.8) is 0 Å². The van der Waals surface area contributed by atoms with E-state index in [0.29, 0.717) is 23.1 Å². The number of aryl methyl sites for hydroxylation is 1. The second-order valence-corrected chi connectivity index (χ2v) is 8.32. The van der Waals surface area contributed by atoms with Crippen molar-refractivity contribution in [3.05, 3.63) is 63.9 Å². The number of aromatic nitrogens is 1. The molecule has 30 heavy (non-hydrogen) atoms. The van der Waals surface area contributed by atoms with Gasteiger partial charge >= 0.3 is 5.76 Å². The van der Waals surface area contributed by atoms with Crippen LogP contribution in [0.1, 0.15) is 49.1 Å². The molecular weight excluding hydrogens is 383 g/mol. The maximum Gasteiger partial charge on any atom is 0.417 e. The van der Waals surface area contributed by atoms with E-state index in [0.717, 1.165) is 56.4 Å². The van der Waals surface area contributed by atoms with E-state index in [4.69, 9.17) is 9.15 Å². The Balaban J connectivity index is 1.32. The molecule has 2 aromatic carbocycles. The summed E-state index contributed by atoms with van der Waals surface area (Å²) in [4.78, 5) is 16.7. The lowest BCUT2D eigenvalue weighted by atomic mass is 9.81. The summed E-state index contributed by atoms with van der Waals surface area (Å²) in [6.45, 7) is 1.04. The van der Waals surface area contributed by atoms with Crippen molar-refractivity contribution in [3.8, 4) is 5.75 Å². The monoisotopic (exact) mass is 412 g/mol. The van der Waals surface area contributed by atoms with Crippen molar-refractivity contribution in [1.82, 2.24) is 9.88 Å². The Bertz CT molecular complexity index is 1030. The van der Waals surface area contributed by atoms with Gasteiger partial charge in [0.05, 0.1) is 12.6 Å². The zero-order valence-electron chi connectivity index (χ0n) is 17.6. The molecule has 1 fully saturated rings. The van der Waals surface area contributed by atoms with Crippen LogP contribution < -0.4 is 10.5 Å². The smallest absolute Gasteiger partial charge is 0.417 e. The lowest BCUT2D eigenvalue weighted by molar-refractivity contribution is 0.180. The number of fused-ring (bicyclic) bond motifs is 1. The van der Waals surface area contributed by atoms with Crippen LogP contribution in [0, 0.1) is 5.82 Å². The lowest BCUT2D eigenvalue weighted by Gasteiger charge is -2.35. The summed E-state index contributed by atoms with van der Waals surface area (Å²) in [6, 6.07) is 11.2. The van der Waals surface area contributed by atoms with Crippen molar-refractivity contribution >= 4 is 11.1 Å². The Morgan fingerprint density at radius 2 is 1.90 bits per heavy atom. The first-order valence-electron chi connectivity index (χ1n) is 10.7. The van der Waals surface area contributed by atoms with Crippen LogP contribution in [-0.2, 0) is 6.42 Å². The van der Waals surface area contributed by atoms with E-state index >= 15 is 0 Å². The van der Waals surface area contributed by atoms with Crippen LogP contribution in [0.5, 0.6) is 5.75 Å². The fourth-order valence-electron chi connectivity index (χ4n) is 4.68. The van der Waals surface area contributed by atoms with E-state index in [-0.39, 0.29) is 5.82 Å². The molecule has 0 saturated heterocycles. The van der Waals surface area contributed by atoms with Crippen LogP contribution in [0.4, 0.5) is 4.39 Å². The number of ether oxygens (including phenoxy) is 1. The zero-order chi connectivity index (χ0) is 21.1. The third-order valence-corrected chi connectivity index (χ3v) is 6.42. The third-order valence-electron chi connectivity index (χ3n) is 6.42. The van der Waals surface area contributed by atoms with Gasteiger partial charge < -0.3 is 14.1 Å². The second kappa shape index (κ2) is 9.04. The molecule has 0 spiro atoms. The number of methoxy groups -OCH3 is 1. The van der Waals surface area contributed by atoms with E-state index in [1.807, 2.05) is 24.3 Å². The summed E-state index contributed by atoms with van der Waals surface area (Å²) in [5.41, 5.74) is 3.59. The first-order chi connectivity index (χ1) is 14.5. The fraction of sp³-hybridized carbons (Fsp3) is 0.458. The number of oxazole rings is 1. The molecule has 0 aliphatic heterocycles. The van der Waals surface area contributed by atoms with Gasteiger partial charge in [-0.3, -0.25) is 4.98 Å². The topological polar surface area (TPSA) is 58.5 Å². The third kappa shape index (κ3) is 4.59. The minimum Gasteiger partial charge on any atom is -0.496 e. The number of rotatable bonds is 7. The summed E-state index contributed by atoms with van der Waals surface area (Å²) < 4.78 is 23.9. The summed E-state index contributed by atoms with van der Waals surface area (Å²) in [7, 11) is 3.88. The molecule has 1 N–H and O–H groups in total. The van der Waals surface area contributed by atoms with Crippen LogP contribution >= 0.6 is 0 Å². The Hall–Kier alpha value is -2.60. The zero-order valence-corrected chi connectivity index (χ0v) is 17.6. The van der Waals surface area contributed by atoms with E-state index < -0.39 is 5.76 Å². The van der Waals surface area contributed by atoms with Gasteiger partial charge in [-0.15, -0.1) is 0 Å². The summed E-state index contributed by atoms with van der Waals surface area (Å²) in [5, 5.41) is 0. The number of nitrogens with zero attached hydrogens (tertiary/aromatic N) is 1. The molecule has 5 nitrogen and oxygen atoms in total. The molecule has 1 aromatic heterocycles. The number of H-pyrrole nitrogens is 1. The normalized spacial score (nSPS) is 19.5. The lowest BCUT2D eigenvalue weighted by Crippen LogP contribution is -2.35. The maximum atomic E-state index is 13.0. The van der Waals surface area contributed by atoms with Gasteiger partial charge in [0, 0.05) is 17.7 Å². The molecule has 1 saturated carbocycles. The first kappa shape index (κ1) is 20.7. The molecule has 6 heteroatoms. The molecule has 1 aliphatic rings. The van der Waals surface area contributed by atoms with Gasteiger partial charge in [0.15, 0.2) is 5.58 Å². The number of hydrogen-bond donors (Lipinski definition) is 1. The average Bonchev–Trinajstić information content (AvgIpc) is 3.13. The average molecular weight is 413 g/mol. The molecule has 0 amide bonds. The summed E-state index contributed by atoms with van der Waals surface area (Å²) in [6.07, 6.45) is 6.48. The Labute approximate surface area is 175 Å². The van der Waals surface area contributed by atoms with Crippen LogP contribution in [0.25, 0.3) is 11.1 Å². The van der Waals surface area contributed by atoms with Gasteiger partial charge in [-0.2, -0.15) is 0 Å². The highest BCUT2D eigenvalue weighted by Gasteiger charge is 2.27. The first-order valence-corrected chi connectivity index (χ1v) is 10.7. The highest BCUT2D eigenvalue weighted by Crippen LogP contribution is 2.40. The van der Waals surface area contributed by atoms with E-state index in [1.54, 1.807) is 7.11 Å². The van der Waals surface area contributed by atoms with Gasteiger partial charge in [-0.1, -0.05) is 12.1 Å². The highest BCUT2D eigenvalue weighted by atomic mass is 19.1. The highest BCUT2D eigenvalue weighted by molar-refractivity contribution is 5.76. The van der Waals surface area contributed by atoms with Gasteiger partial charge in [0.2, 0.25) is 0 Å². The molecule has 0 atom stereocenters. The van der Waals surface area contributed by atoms with Gasteiger partial charge in [-0.25, -0.2) is 9.18 Å². The van der Waals surface area contributed by atoms with Crippen molar-refractivity contribution in [2.75, 3.05) is 20.7 Å². The fourth-order valence-corrected chi connectivity index (χ4v) is 4.68. The summed E-state index contributed by atoms with van der Waals surface area (Å²) in [5.74, 6) is 0.612. The van der Waals surface area contributed by atoms with Crippen LogP contribution in [0.3, 0.4) is 0 Å². The molecule has 0 bridgehead atoms. The van der Waals surface area contributed by atoms with Gasteiger partial charge in [0.1, 0.15) is 11.6 Å². The van der Waals surface area contributed by atoms with Crippen molar-refractivity contribution in [2.45, 2.75) is 50.5 Å². The molecule has 4 rings (SSSR count). The second-order valence-electron chi connectivity index (χ2n) is 8.32.